The quantitative estimate of drug-likeness (QED) is 0.372. The van der Waals surface area contributed by atoms with Crippen LogP contribution in [0.3, 0.4) is 0 Å². The van der Waals surface area contributed by atoms with Crippen LogP contribution < -0.4 is 20.5 Å². The van der Waals surface area contributed by atoms with Crippen LogP contribution in [0.25, 0.3) is 11.0 Å². The summed E-state index contributed by atoms with van der Waals surface area (Å²) in [7, 11) is 1.72. The molecule has 0 unspecified atom stereocenters. The topological polar surface area (TPSA) is 121 Å². The molecule has 0 aliphatic carbocycles. The van der Waals surface area contributed by atoms with Gasteiger partial charge in [0.25, 0.3) is 11.5 Å². The number of ether oxygens (including phenoxy) is 1. The zero-order valence-corrected chi connectivity index (χ0v) is 21.4. The minimum Gasteiger partial charge on any atom is -0.492 e. The number of pyridine rings is 1. The normalized spacial score (nSPS) is 15.4. The van der Waals surface area contributed by atoms with E-state index in [-0.39, 0.29) is 23.4 Å². The van der Waals surface area contributed by atoms with Crippen LogP contribution in [0.2, 0.25) is 0 Å². The average Bonchev–Trinajstić information content (AvgIpc) is 3.57. The van der Waals surface area contributed by atoms with E-state index < -0.39 is 23.2 Å². The van der Waals surface area contributed by atoms with Crippen LogP contribution in [-0.2, 0) is 20.0 Å². The number of anilines is 2. The Morgan fingerprint density at radius 2 is 1.97 bits per heavy atom. The van der Waals surface area contributed by atoms with Crippen LogP contribution >= 0.6 is 0 Å². The van der Waals surface area contributed by atoms with Gasteiger partial charge in [0.2, 0.25) is 5.95 Å². The minimum atomic E-state index is -0.735. The molecule has 0 radical (unpaired) electrons. The Kier molecular flexibility index (Phi) is 6.22. The van der Waals surface area contributed by atoms with Gasteiger partial charge in [0.05, 0.1) is 29.7 Å². The molecule has 1 fully saturated rings. The van der Waals surface area contributed by atoms with Crippen molar-refractivity contribution in [1.29, 1.82) is 0 Å². The van der Waals surface area contributed by atoms with Gasteiger partial charge in [-0.15, -0.1) is 0 Å². The second kappa shape index (κ2) is 9.73. The predicted molar refractivity (Wildman–Crippen MR) is 139 cm³/mol. The molecule has 1 aromatic carbocycles. The van der Waals surface area contributed by atoms with Gasteiger partial charge in [-0.05, 0) is 19.1 Å². The second-order valence-electron chi connectivity index (χ2n) is 9.70. The molecule has 0 saturated carbocycles. The van der Waals surface area contributed by atoms with E-state index >= 15 is 4.39 Å². The number of aromatic nitrogens is 5. The maximum Gasteiger partial charge on any atom is 0.274 e. The molecule has 11 nitrogen and oxygen atoms in total. The van der Waals surface area contributed by atoms with Gasteiger partial charge in [-0.1, -0.05) is 0 Å². The van der Waals surface area contributed by atoms with Crippen LogP contribution in [0.5, 0.6) is 5.75 Å². The summed E-state index contributed by atoms with van der Waals surface area (Å²) >= 11 is 0. The summed E-state index contributed by atoms with van der Waals surface area (Å²) < 4.78 is 37.9. The molecular formula is C26H26F2N8O3. The number of H-pyrrole nitrogens is 1. The van der Waals surface area contributed by atoms with Gasteiger partial charge < -0.3 is 19.9 Å². The highest BCUT2D eigenvalue weighted by Crippen LogP contribution is 2.38. The average molecular weight is 537 g/mol. The molecule has 1 saturated heterocycles. The predicted octanol–water partition coefficient (Wildman–Crippen LogP) is 2.15. The van der Waals surface area contributed by atoms with Crippen molar-refractivity contribution in [1.82, 2.24) is 29.6 Å². The number of aromatic amines is 1. The van der Waals surface area contributed by atoms with E-state index in [1.165, 1.54) is 12.3 Å². The Bertz CT molecular complexity index is 1660. The number of benzene rings is 1. The first-order chi connectivity index (χ1) is 18.8. The third kappa shape index (κ3) is 4.58. The lowest BCUT2D eigenvalue weighted by Gasteiger charge is -2.36. The second-order valence-corrected chi connectivity index (χ2v) is 9.70. The molecule has 39 heavy (non-hydrogen) atoms. The molecule has 13 heteroatoms. The summed E-state index contributed by atoms with van der Waals surface area (Å²) in [4.78, 5) is 39.3. The highest BCUT2D eigenvalue weighted by atomic mass is 19.1. The number of piperazine rings is 1. The van der Waals surface area contributed by atoms with Gasteiger partial charge >= 0.3 is 0 Å². The summed E-state index contributed by atoms with van der Waals surface area (Å²) in [5.41, 5.74) is 2.34. The van der Waals surface area contributed by atoms with Crippen molar-refractivity contribution < 1.29 is 18.3 Å². The molecule has 2 aliphatic rings. The van der Waals surface area contributed by atoms with E-state index in [4.69, 9.17) is 4.74 Å². The van der Waals surface area contributed by atoms with Crippen molar-refractivity contribution in [2.24, 2.45) is 7.05 Å². The fourth-order valence-electron chi connectivity index (χ4n) is 5.10. The van der Waals surface area contributed by atoms with E-state index in [1.54, 1.807) is 30.9 Å². The fourth-order valence-corrected chi connectivity index (χ4v) is 5.10. The maximum absolute atomic E-state index is 15.6. The van der Waals surface area contributed by atoms with Gasteiger partial charge in [0, 0.05) is 63.5 Å². The Hall–Kier alpha value is -4.39. The molecule has 0 spiro atoms. The summed E-state index contributed by atoms with van der Waals surface area (Å²) in [6.07, 6.45) is 3.71. The van der Waals surface area contributed by atoms with E-state index in [0.29, 0.717) is 67.4 Å². The summed E-state index contributed by atoms with van der Waals surface area (Å²) in [6.45, 7) is 4.34. The Labute approximate surface area is 221 Å². The first kappa shape index (κ1) is 24.9. The highest BCUT2D eigenvalue weighted by Gasteiger charge is 2.29. The third-order valence-electron chi connectivity index (χ3n) is 7.12. The molecule has 5 heterocycles. The van der Waals surface area contributed by atoms with Gasteiger partial charge in [-0.2, -0.15) is 9.49 Å². The van der Waals surface area contributed by atoms with Crippen molar-refractivity contribution >= 4 is 28.3 Å². The van der Waals surface area contributed by atoms with Crippen molar-refractivity contribution in [3.63, 3.8) is 0 Å². The fraction of sp³-hybridized carbons (Fsp3) is 0.346. The molecule has 202 valence electrons. The smallest absolute Gasteiger partial charge is 0.274 e. The lowest BCUT2D eigenvalue weighted by Crippen LogP contribution is -2.46. The molecule has 2 N–H and O–H groups in total. The standard InChI is InChI=1S/C26H26F2N8O3/c1-14-25(37)33-22-20(27)17(23-16(5-10-39-23)21(22)30-14)13-35-6-8-36(9-7-35)19-4-3-18(32-24(19)28)26(38)31-15-11-29-34(2)12-15/h3-4,11-12H,5-10,13H2,1-2H3,(H,31,38)(H,33,37). The van der Waals surface area contributed by atoms with Crippen LogP contribution in [0, 0.1) is 18.7 Å². The summed E-state index contributed by atoms with van der Waals surface area (Å²) in [5.74, 6) is -1.30. The molecule has 0 atom stereocenters. The SMILES string of the molecule is Cc1nc2c3c(c(CN4CCN(c5ccc(C(=O)Nc6cnn(C)c6)nc5F)CC4)c(F)c2[nH]c1=O)OCC3. The number of carbonyl (C=O) groups excluding carboxylic acids is 1. The van der Waals surface area contributed by atoms with E-state index in [0.717, 1.165) is 5.56 Å². The number of rotatable bonds is 5. The Balaban J connectivity index is 1.16. The molecular weight excluding hydrogens is 510 g/mol. The molecule has 3 aromatic heterocycles. The lowest BCUT2D eigenvalue weighted by molar-refractivity contribution is 0.102. The number of aryl methyl sites for hydroxylation is 2. The molecule has 0 bridgehead atoms. The van der Waals surface area contributed by atoms with Crippen molar-refractivity contribution in [2.75, 3.05) is 43.0 Å². The number of nitrogens with one attached hydrogen (secondary N) is 2. The van der Waals surface area contributed by atoms with Crippen molar-refractivity contribution in [3.8, 4) is 5.75 Å². The Morgan fingerprint density at radius 1 is 1.18 bits per heavy atom. The first-order valence-electron chi connectivity index (χ1n) is 12.6. The van der Waals surface area contributed by atoms with Crippen LogP contribution in [0.15, 0.2) is 29.3 Å². The van der Waals surface area contributed by atoms with Crippen LogP contribution in [0.4, 0.5) is 20.2 Å². The van der Waals surface area contributed by atoms with E-state index in [1.807, 2.05) is 4.90 Å². The number of nitrogens with zero attached hydrogens (tertiary/aromatic N) is 6. The zero-order chi connectivity index (χ0) is 27.3. The number of carbonyl (C=O) groups is 1. The number of hydrogen-bond donors (Lipinski definition) is 2. The number of amides is 1. The third-order valence-corrected chi connectivity index (χ3v) is 7.12. The van der Waals surface area contributed by atoms with E-state index in [2.05, 4.69) is 30.3 Å². The largest absolute Gasteiger partial charge is 0.492 e. The monoisotopic (exact) mass is 536 g/mol. The Morgan fingerprint density at radius 3 is 2.69 bits per heavy atom. The van der Waals surface area contributed by atoms with Gasteiger partial charge in [0.15, 0.2) is 5.82 Å². The number of hydrogen-bond acceptors (Lipinski definition) is 8. The summed E-state index contributed by atoms with van der Waals surface area (Å²) in [6, 6.07) is 3.03. The molecule has 4 aromatic rings. The lowest BCUT2D eigenvalue weighted by atomic mass is 10.0. The molecule has 2 aliphatic heterocycles. The maximum atomic E-state index is 15.6. The zero-order valence-electron chi connectivity index (χ0n) is 21.4. The molecule has 1 amide bonds. The number of fused-ring (bicyclic) bond motifs is 3. The van der Waals surface area contributed by atoms with Crippen molar-refractivity contribution in [3.05, 3.63) is 69.2 Å². The minimum absolute atomic E-state index is 0.0397. The van der Waals surface area contributed by atoms with Crippen LogP contribution in [0.1, 0.15) is 27.3 Å². The highest BCUT2D eigenvalue weighted by molar-refractivity contribution is 6.02. The van der Waals surface area contributed by atoms with Crippen molar-refractivity contribution in [2.45, 2.75) is 19.9 Å². The van der Waals surface area contributed by atoms with E-state index in [9.17, 15) is 14.0 Å². The van der Waals surface area contributed by atoms with Gasteiger partial charge in [-0.25, -0.2) is 14.4 Å². The summed E-state index contributed by atoms with van der Waals surface area (Å²) in [5, 5.41) is 6.62. The molecule has 6 rings (SSSR count). The first-order valence-corrected chi connectivity index (χ1v) is 12.6. The van der Waals surface area contributed by atoms with Gasteiger partial charge in [0.1, 0.15) is 22.7 Å². The number of halogens is 2. The van der Waals surface area contributed by atoms with Crippen LogP contribution in [-0.4, -0.2) is 68.3 Å². The van der Waals surface area contributed by atoms with Gasteiger partial charge in [-0.3, -0.25) is 19.2 Å².